The van der Waals surface area contributed by atoms with Crippen LogP contribution in [0.4, 0.5) is 0 Å². The fraction of sp³-hybridized carbons (Fsp3) is 0.571. The molecule has 3 nitrogen and oxygen atoms in total. The highest BCUT2D eigenvalue weighted by Crippen LogP contribution is 2.23. The number of aliphatic hydroxyl groups excluding tert-OH is 1. The predicted molar refractivity (Wildman–Crippen MR) is 70.4 cm³/mol. The van der Waals surface area contributed by atoms with Crippen LogP contribution in [0.3, 0.4) is 0 Å². The molecule has 0 aromatic heterocycles. The molecule has 0 heterocycles. The van der Waals surface area contributed by atoms with E-state index in [4.69, 9.17) is 15.6 Å². The number of hydrogen-bond donors (Lipinski definition) is 2. The van der Waals surface area contributed by atoms with Crippen molar-refractivity contribution in [2.45, 2.75) is 39.2 Å². The number of hydrogen-bond acceptors (Lipinski definition) is 3. The van der Waals surface area contributed by atoms with E-state index in [1.165, 1.54) is 11.1 Å². The molecule has 3 heteroatoms. The Labute approximate surface area is 104 Å². The largest absolute Gasteiger partial charge is 0.492 e. The Morgan fingerprint density at radius 2 is 2.06 bits per heavy atom. The van der Waals surface area contributed by atoms with Crippen molar-refractivity contribution in [1.82, 2.24) is 0 Å². The minimum Gasteiger partial charge on any atom is -0.492 e. The van der Waals surface area contributed by atoms with Crippen LogP contribution in [0.25, 0.3) is 0 Å². The van der Waals surface area contributed by atoms with Gasteiger partial charge in [-0.3, -0.25) is 0 Å². The molecule has 1 aromatic carbocycles. The van der Waals surface area contributed by atoms with Crippen LogP contribution in [0.5, 0.6) is 5.75 Å². The highest BCUT2D eigenvalue weighted by atomic mass is 16.5. The first-order valence-electron chi connectivity index (χ1n) is 5.99. The normalized spacial score (nSPS) is 14.8. The Morgan fingerprint density at radius 1 is 1.41 bits per heavy atom. The lowest BCUT2D eigenvalue weighted by molar-refractivity contribution is 0.146. The van der Waals surface area contributed by atoms with E-state index in [2.05, 4.69) is 26.8 Å². The van der Waals surface area contributed by atoms with Crippen molar-refractivity contribution in [2.24, 2.45) is 5.73 Å². The van der Waals surface area contributed by atoms with Gasteiger partial charge in [0.25, 0.3) is 0 Å². The molecule has 0 radical (unpaired) electrons. The number of rotatable bonds is 5. The number of aliphatic hydroxyl groups is 1. The van der Waals surface area contributed by atoms with Crippen molar-refractivity contribution in [3.8, 4) is 5.75 Å². The van der Waals surface area contributed by atoms with Gasteiger partial charge >= 0.3 is 0 Å². The molecule has 3 N–H and O–H groups in total. The predicted octanol–water partition coefficient (Wildman–Crippen LogP) is 2.21. The van der Waals surface area contributed by atoms with Gasteiger partial charge in [0, 0.05) is 0 Å². The smallest absolute Gasteiger partial charge is 0.119 e. The van der Waals surface area contributed by atoms with Gasteiger partial charge in [-0.25, -0.2) is 0 Å². The summed E-state index contributed by atoms with van der Waals surface area (Å²) in [5, 5.41) is 9.04. The van der Waals surface area contributed by atoms with Crippen molar-refractivity contribution in [1.29, 1.82) is 0 Å². The zero-order chi connectivity index (χ0) is 13.1. The Kier molecular flexibility index (Phi) is 4.54. The highest BCUT2D eigenvalue weighted by molar-refractivity contribution is 5.36. The van der Waals surface area contributed by atoms with Gasteiger partial charge in [0.1, 0.15) is 12.4 Å². The molecule has 0 fully saturated rings. The maximum Gasteiger partial charge on any atom is 0.119 e. The van der Waals surface area contributed by atoms with Gasteiger partial charge in [0.05, 0.1) is 12.1 Å². The molecule has 1 rings (SSSR count). The molecule has 0 aliphatic carbocycles. The lowest BCUT2D eigenvalue weighted by Crippen LogP contribution is -2.45. The van der Waals surface area contributed by atoms with E-state index in [9.17, 15) is 0 Å². The van der Waals surface area contributed by atoms with Crippen LogP contribution in [-0.4, -0.2) is 23.9 Å². The molecule has 0 bridgehead atoms. The molecule has 1 aromatic rings. The topological polar surface area (TPSA) is 55.5 Å². The van der Waals surface area contributed by atoms with E-state index in [1.54, 1.807) is 6.92 Å². The van der Waals surface area contributed by atoms with Gasteiger partial charge < -0.3 is 15.6 Å². The highest BCUT2D eigenvalue weighted by Gasteiger charge is 2.18. The van der Waals surface area contributed by atoms with E-state index in [-0.39, 0.29) is 6.61 Å². The van der Waals surface area contributed by atoms with Crippen LogP contribution < -0.4 is 10.5 Å². The third-order valence-electron chi connectivity index (χ3n) is 2.79. The van der Waals surface area contributed by atoms with Crippen molar-refractivity contribution in [2.75, 3.05) is 13.2 Å². The lowest BCUT2D eigenvalue weighted by atomic mass is 9.98. The van der Waals surface area contributed by atoms with E-state index in [1.807, 2.05) is 12.1 Å². The summed E-state index contributed by atoms with van der Waals surface area (Å²) in [4.78, 5) is 0. The first-order chi connectivity index (χ1) is 7.85. The third-order valence-corrected chi connectivity index (χ3v) is 2.79. The van der Waals surface area contributed by atoms with Crippen molar-refractivity contribution in [3.63, 3.8) is 0 Å². The Balaban J connectivity index is 2.71. The molecular weight excluding hydrogens is 214 g/mol. The van der Waals surface area contributed by atoms with Gasteiger partial charge in [-0.2, -0.15) is 0 Å². The molecule has 96 valence electrons. The maximum atomic E-state index is 9.04. The molecule has 0 amide bonds. The second-order valence-electron chi connectivity index (χ2n) is 5.27. The quantitative estimate of drug-likeness (QED) is 0.825. The summed E-state index contributed by atoms with van der Waals surface area (Å²) in [5.74, 6) is 1.32. The summed E-state index contributed by atoms with van der Waals surface area (Å²) in [6.45, 7) is 8.41. The summed E-state index contributed by atoms with van der Waals surface area (Å²) in [6.07, 6.45) is 0. The minimum atomic E-state index is -0.690. The van der Waals surface area contributed by atoms with Gasteiger partial charge in [-0.05, 0) is 43.0 Å². The van der Waals surface area contributed by atoms with Gasteiger partial charge in [-0.15, -0.1) is 0 Å². The van der Waals surface area contributed by atoms with Crippen molar-refractivity contribution < 1.29 is 9.84 Å². The SMILES string of the molecule is Cc1cc(OCC(C)(N)CO)ccc1C(C)C. The van der Waals surface area contributed by atoms with Crippen LogP contribution >= 0.6 is 0 Å². The fourth-order valence-electron chi connectivity index (χ4n) is 1.68. The zero-order valence-electron chi connectivity index (χ0n) is 11.2. The molecule has 17 heavy (non-hydrogen) atoms. The molecule has 0 spiro atoms. The number of nitrogens with two attached hydrogens (primary N) is 1. The third kappa shape index (κ3) is 4.02. The van der Waals surface area contributed by atoms with Crippen molar-refractivity contribution in [3.05, 3.63) is 29.3 Å². The first-order valence-corrected chi connectivity index (χ1v) is 5.99. The zero-order valence-corrected chi connectivity index (χ0v) is 11.2. The molecule has 0 saturated heterocycles. The fourth-order valence-corrected chi connectivity index (χ4v) is 1.68. The van der Waals surface area contributed by atoms with Crippen LogP contribution in [0.1, 0.15) is 37.8 Å². The average molecular weight is 237 g/mol. The first kappa shape index (κ1) is 14.0. The average Bonchev–Trinajstić information content (AvgIpc) is 2.26. The van der Waals surface area contributed by atoms with E-state index < -0.39 is 5.54 Å². The van der Waals surface area contributed by atoms with Gasteiger partial charge in [0.15, 0.2) is 0 Å². The summed E-state index contributed by atoms with van der Waals surface area (Å²) in [5.41, 5.74) is 7.67. The van der Waals surface area contributed by atoms with Crippen LogP contribution in [0.2, 0.25) is 0 Å². The Hall–Kier alpha value is -1.06. The molecule has 1 atom stereocenters. The van der Waals surface area contributed by atoms with Gasteiger partial charge in [0.2, 0.25) is 0 Å². The number of ether oxygens (including phenoxy) is 1. The summed E-state index contributed by atoms with van der Waals surface area (Å²) < 4.78 is 5.59. The van der Waals surface area contributed by atoms with Crippen LogP contribution in [0, 0.1) is 6.92 Å². The number of benzene rings is 1. The summed E-state index contributed by atoms with van der Waals surface area (Å²) in [7, 11) is 0. The lowest BCUT2D eigenvalue weighted by Gasteiger charge is -2.22. The molecule has 0 aliphatic heterocycles. The minimum absolute atomic E-state index is 0.0872. The standard InChI is InChI=1S/C14H23NO2/c1-10(2)13-6-5-12(7-11(13)3)17-9-14(4,15)8-16/h5-7,10,16H,8-9,15H2,1-4H3. The Morgan fingerprint density at radius 3 is 2.53 bits per heavy atom. The maximum absolute atomic E-state index is 9.04. The summed E-state index contributed by atoms with van der Waals surface area (Å²) in [6, 6.07) is 6.06. The summed E-state index contributed by atoms with van der Waals surface area (Å²) >= 11 is 0. The van der Waals surface area contributed by atoms with E-state index in [0.29, 0.717) is 12.5 Å². The second kappa shape index (κ2) is 5.52. The second-order valence-corrected chi connectivity index (χ2v) is 5.27. The molecular formula is C14H23NO2. The van der Waals surface area contributed by atoms with Crippen LogP contribution in [0.15, 0.2) is 18.2 Å². The van der Waals surface area contributed by atoms with E-state index >= 15 is 0 Å². The van der Waals surface area contributed by atoms with E-state index in [0.717, 1.165) is 5.75 Å². The number of aryl methyl sites for hydroxylation is 1. The van der Waals surface area contributed by atoms with Crippen molar-refractivity contribution >= 4 is 0 Å². The van der Waals surface area contributed by atoms with Crippen LogP contribution in [-0.2, 0) is 0 Å². The molecule has 1 unspecified atom stereocenters. The molecule has 0 saturated carbocycles. The molecule has 0 aliphatic rings. The van der Waals surface area contributed by atoms with Gasteiger partial charge in [-0.1, -0.05) is 19.9 Å². The Bertz CT molecular complexity index is 372. The monoisotopic (exact) mass is 237 g/mol.